The standard InChI is InChI=1S/C15H22N4O3/c1-12(2)19(15(21)13-11-16-4-5-17-13)6-3-14(20)18-7-9-22-10-8-18/h4-5,11-12H,3,6-10H2,1-2H3. The normalized spacial score (nSPS) is 15.0. The number of nitrogens with zero attached hydrogens (tertiary/aromatic N) is 4. The van der Waals surface area contributed by atoms with E-state index in [4.69, 9.17) is 4.74 Å². The van der Waals surface area contributed by atoms with Gasteiger partial charge >= 0.3 is 0 Å². The highest BCUT2D eigenvalue weighted by atomic mass is 16.5. The van der Waals surface area contributed by atoms with Crippen LogP contribution in [0, 0.1) is 0 Å². The minimum absolute atomic E-state index is 0.00741. The van der Waals surface area contributed by atoms with Crippen molar-refractivity contribution in [2.24, 2.45) is 0 Å². The van der Waals surface area contributed by atoms with E-state index in [-0.39, 0.29) is 17.9 Å². The molecule has 1 aromatic rings. The van der Waals surface area contributed by atoms with Crippen LogP contribution in [0.1, 0.15) is 30.8 Å². The van der Waals surface area contributed by atoms with Crippen LogP contribution in [-0.2, 0) is 9.53 Å². The third-order valence-electron chi connectivity index (χ3n) is 3.60. The monoisotopic (exact) mass is 306 g/mol. The third-order valence-corrected chi connectivity index (χ3v) is 3.60. The Hall–Kier alpha value is -2.02. The summed E-state index contributed by atoms with van der Waals surface area (Å²) in [5.74, 6) is -0.140. The van der Waals surface area contributed by atoms with Gasteiger partial charge in [0, 0.05) is 44.5 Å². The lowest BCUT2D eigenvalue weighted by atomic mass is 10.2. The number of morpholine rings is 1. The maximum atomic E-state index is 12.5. The van der Waals surface area contributed by atoms with Crippen LogP contribution < -0.4 is 0 Å². The summed E-state index contributed by atoms with van der Waals surface area (Å²) in [6, 6.07) is -0.00741. The maximum Gasteiger partial charge on any atom is 0.274 e. The van der Waals surface area contributed by atoms with Crippen LogP contribution in [-0.4, -0.2) is 70.5 Å². The molecule has 1 aliphatic heterocycles. The molecular weight excluding hydrogens is 284 g/mol. The lowest BCUT2D eigenvalue weighted by Crippen LogP contribution is -2.44. The van der Waals surface area contributed by atoms with Gasteiger partial charge in [-0.05, 0) is 13.8 Å². The van der Waals surface area contributed by atoms with Crippen LogP contribution in [0.4, 0.5) is 0 Å². The van der Waals surface area contributed by atoms with Gasteiger partial charge in [0.2, 0.25) is 5.91 Å². The van der Waals surface area contributed by atoms with Gasteiger partial charge in [0.1, 0.15) is 5.69 Å². The average Bonchev–Trinajstić information content (AvgIpc) is 2.56. The summed E-state index contributed by atoms with van der Waals surface area (Å²) >= 11 is 0. The summed E-state index contributed by atoms with van der Waals surface area (Å²) in [4.78, 5) is 36.0. The van der Waals surface area contributed by atoms with Crippen molar-refractivity contribution >= 4 is 11.8 Å². The Bertz CT molecular complexity index is 501. The zero-order valence-electron chi connectivity index (χ0n) is 13.1. The van der Waals surface area contributed by atoms with E-state index >= 15 is 0 Å². The second-order valence-electron chi connectivity index (χ2n) is 5.43. The molecule has 1 fully saturated rings. The Kier molecular flexibility index (Phi) is 5.83. The van der Waals surface area contributed by atoms with Crippen molar-refractivity contribution in [2.45, 2.75) is 26.3 Å². The number of rotatable bonds is 5. The minimum Gasteiger partial charge on any atom is -0.378 e. The summed E-state index contributed by atoms with van der Waals surface area (Å²) in [5, 5.41) is 0. The van der Waals surface area contributed by atoms with Crippen LogP contribution >= 0.6 is 0 Å². The van der Waals surface area contributed by atoms with E-state index in [1.165, 1.54) is 18.6 Å². The number of amides is 2. The summed E-state index contributed by atoms with van der Waals surface area (Å²) in [6.45, 7) is 6.64. The van der Waals surface area contributed by atoms with E-state index < -0.39 is 0 Å². The molecule has 7 heteroatoms. The fourth-order valence-corrected chi connectivity index (χ4v) is 2.34. The second-order valence-corrected chi connectivity index (χ2v) is 5.43. The molecule has 0 spiro atoms. The number of hydrogen-bond donors (Lipinski definition) is 0. The lowest BCUT2D eigenvalue weighted by Gasteiger charge is -2.30. The third kappa shape index (κ3) is 4.24. The highest BCUT2D eigenvalue weighted by Gasteiger charge is 2.23. The molecule has 1 aliphatic rings. The number of hydrogen-bond acceptors (Lipinski definition) is 5. The zero-order chi connectivity index (χ0) is 15.9. The van der Waals surface area contributed by atoms with E-state index in [1.54, 1.807) is 9.80 Å². The SMILES string of the molecule is CC(C)N(CCC(=O)N1CCOCC1)C(=O)c1cnccn1. The fraction of sp³-hybridized carbons (Fsp3) is 0.600. The van der Waals surface area contributed by atoms with Gasteiger partial charge in [-0.25, -0.2) is 4.98 Å². The van der Waals surface area contributed by atoms with Crippen LogP contribution in [0.5, 0.6) is 0 Å². The van der Waals surface area contributed by atoms with E-state index in [1.807, 2.05) is 13.8 Å². The van der Waals surface area contributed by atoms with Gasteiger partial charge in [0.25, 0.3) is 5.91 Å². The van der Waals surface area contributed by atoms with Crippen LogP contribution in [0.15, 0.2) is 18.6 Å². The molecule has 0 N–H and O–H groups in total. The van der Waals surface area contributed by atoms with Crippen molar-refractivity contribution in [3.05, 3.63) is 24.3 Å². The number of ether oxygens (including phenoxy) is 1. The first kappa shape index (κ1) is 16.4. The first-order chi connectivity index (χ1) is 10.6. The number of carbonyl (C=O) groups excluding carboxylic acids is 2. The molecule has 0 bridgehead atoms. The van der Waals surface area contributed by atoms with Crippen molar-refractivity contribution in [1.82, 2.24) is 19.8 Å². The van der Waals surface area contributed by atoms with E-state index in [2.05, 4.69) is 9.97 Å². The van der Waals surface area contributed by atoms with Crippen LogP contribution in [0.2, 0.25) is 0 Å². The maximum absolute atomic E-state index is 12.5. The van der Waals surface area contributed by atoms with Gasteiger partial charge < -0.3 is 14.5 Å². The molecule has 0 aliphatic carbocycles. The molecule has 0 saturated carbocycles. The zero-order valence-corrected chi connectivity index (χ0v) is 13.1. The molecule has 1 aromatic heterocycles. The predicted octanol–water partition coefficient (Wildman–Crippen LogP) is 0.576. The Morgan fingerprint density at radius 1 is 1.32 bits per heavy atom. The van der Waals surface area contributed by atoms with E-state index in [0.29, 0.717) is 45.0 Å². The predicted molar refractivity (Wildman–Crippen MR) is 80.2 cm³/mol. The first-order valence-corrected chi connectivity index (χ1v) is 7.52. The average molecular weight is 306 g/mol. The number of carbonyl (C=O) groups is 2. The van der Waals surface area contributed by atoms with Crippen molar-refractivity contribution in [2.75, 3.05) is 32.8 Å². The summed E-state index contributed by atoms with van der Waals surface area (Å²) < 4.78 is 5.24. The molecule has 0 atom stereocenters. The molecule has 7 nitrogen and oxygen atoms in total. The largest absolute Gasteiger partial charge is 0.378 e. The molecule has 2 heterocycles. The van der Waals surface area contributed by atoms with Gasteiger partial charge in [0.05, 0.1) is 19.4 Å². The van der Waals surface area contributed by atoms with Crippen molar-refractivity contribution < 1.29 is 14.3 Å². The topological polar surface area (TPSA) is 75.6 Å². The molecule has 0 radical (unpaired) electrons. The molecule has 0 unspecified atom stereocenters. The van der Waals surface area contributed by atoms with Crippen LogP contribution in [0.3, 0.4) is 0 Å². The Labute approximate surface area is 130 Å². The van der Waals surface area contributed by atoms with Gasteiger partial charge in [0.15, 0.2) is 0 Å². The van der Waals surface area contributed by atoms with Crippen molar-refractivity contribution in [3.63, 3.8) is 0 Å². The quantitative estimate of drug-likeness (QED) is 0.795. The van der Waals surface area contributed by atoms with E-state index in [0.717, 1.165) is 0 Å². The molecule has 2 rings (SSSR count). The molecule has 120 valence electrons. The van der Waals surface area contributed by atoms with Gasteiger partial charge in [-0.2, -0.15) is 0 Å². The van der Waals surface area contributed by atoms with Crippen molar-refractivity contribution in [3.8, 4) is 0 Å². The van der Waals surface area contributed by atoms with E-state index in [9.17, 15) is 9.59 Å². The summed E-state index contributed by atoms with van der Waals surface area (Å²) in [6.07, 6.45) is 4.77. The second kappa shape index (κ2) is 7.84. The molecule has 2 amide bonds. The first-order valence-electron chi connectivity index (χ1n) is 7.52. The molecular formula is C15H22N4O3. The molecule has 1 saturated heterocycles. The van der Waals surface area contributed by atoms with Gasteiger partial charge in [-0.15, -0.1) is 0 Å². The smallest absolute Gasteiger partial charge is 0.274 e. The summed E-state index contributed by atoms with van der Waals surface area (Å²) in [5.41, 5.74) is 0.301. The Morgan fingerprint density at radius 3 is 2.64 bits per heavy atom. The Balaban J connectivity index is 1.94. The summed E-state index contributed by atoms with van der Waals surface area (Å²) in [7, 11) is 0. The molecule has 22 heavy (non-hydrogen) atoms. The van der Waals surface area contributed by atoms with Gasteiger partial charge in [-0.3, -0.25) is 14.6 Å². The highest BCUT2D eigenvalue weighted by Crippen LogP contribution is 2.08. The van der Waals surface area contributed by atoms with Crippen molar-refractivity contribution in [1.29, 1.82) is 0 Å². The highest BCUT2D eigenvalue weighted by molar-refractivity contribution is 5.92. The minimum atomic E-state index is -0.196. The molecule has 0 aromatic carbocycles. The van der Waals surface area contributed by atoms with Crippen LogP contribution in [0.25, 0.3) is 0 Å². The lowest BCUT2D eigenvalue weighted by molar-refractivity contribution is -0.135. The number of aromatic nitrogens is 2. The van der Waals surface area contributed by atoms with Gasteiger partial charge in [-0.1, -0.05) is 0 Å². The fourth-order valence-electron chi connectivity index (χ4n) is 2.34. The Morgan fingerprint density at radius 2 is 2.05 bits per heavy atom.